The fraction of sp³-hybridized carbons (Fsp3) is 0.739. The maximum atomic E-state index is 6.09. The van der Waals surface area contributed by atoms with Crippen LogP contribution in [-0.4, -0.2) is 32.0 Å². The molecule has 2 aliphatic carbocycles. The molecule has 3 atom stereocenters. The minimum absolute atomic E-state index is 0.354. The lowest BCUT2D eigenvalue weighted by atomic mass is 9.86. The Morgan fingerprint density at radius 3 is 2.73 bits per heavy atom. The Morgan fingerprint density at radius 1 is 1.08 bits per heavy atom. The fourth-order valence-corrected chi connectivity index (χ4v) is 4.43. The van der Waals surface area contributed by atoms with Crippen LogP contribution in [-0.2, 0) is 22.3 Å². The van der Waals surface area contributed by atoms with Gasteiger partial charge in [-0.15, -0.1) is 0 Å². The van der Waals surface area contributed by atoms with E-state index in [1.165, 1.54) is 36.0 Å². The number of hydrogen-bond acceptors (Lipinski definition) is 3. The van der Waals surface area contributed by atoms with Crippen LogP contribution in [0, 0.1) is 5.92 Å². The number of benzene rings is 1. The van der Waals surface area contributed by atoms with Gasteiger partial charge in [-0.05, 0) is 79.9 Å². The van der Waals surface area contributed by atoms with Crippen LogP contribution >= 0.6 is 0 Å². The third kappa shape index (κ3) is 5.80. The average molecular weight is 360 g/mol. The van der Waals surface area contributed by atoms with E-state index in [0.29, 0.717) is 18.1 Å². The lowest BCUT2D eigenvalue weighted by Crippen LogP contribution is -2.24. The topological polar surface area (TPSA) is 44.5 Å². The van der Waals surface area contributed by atoms with Gasteiger partial charge in [-0.1, -0.05) is 32.0 Å². The summed E-state index contributed by atoms with van der Waals surface area (Å²) in [5.74, 6) is 1.44. The molecule has 0 aromatic heterocycles. The van der Waals surface area contributed by atoms with Gasteiger partial charge < -0.3 is 15.2 Å². The van der Waals surface area contributed by atoms with Crippen molar-refractivity contribution in [1.82, 2.24) is 0 Å². The first-order chi connectivity index (χ1) is 12.6. The molecule has 0 saturated heterocycles. The summed E-state index contributed by atoms with van der Waals surface area (Å²) < 4.78 is 11.8. The summed E-state index contributed by atoms with van der Waals surface area (Å²) in [6, 6.07) is 7.53. The van der Waals surface area contributed by atoms with Crippen LogP contribution in [0.5, 0.6) is 0 Å². The van der Waals surface area contributed by atoms with Gasteiger partial charge in [0, 0.05) is 12.6 Å². The van der Waals surface area contributed by atoms with Crippen LogP contribution in [0.2, 0.25) is 0 Å². The summed E-state index contributed by atoms with van der Waals surface area (Å²) in [6.07, 6.45) is 9.66. The second-order valence-electron chi connectivity index (χ2n) is 8.68. The largest absolute Gasteiger partial charge is 0.379 e. The predicted octanol–water partition coefficient (Wildman–Crippen LogP) is 4.61. The highest BCUT2D eigenvalue weighted by atomic mass is 16.5. The number of nitrogens with two attached hydrogens (primary N) is 1. The first kappa shape index (κ1) is 19.9. The van der Waals surface area contributed by atoms with Crippen molar-refractivity contribution >= 4 is 0 Å². The van der Waals surface area contributed by atoms with Gasteiger partial charge in [0.25, 0.3) is 0 Å². The van der Waals surface area contributed by atoms with Crippen LogP contribution in [0.1, 0.15) is 75.0 Å². The zero-order valence-electron chi connectivity index (χ0n) is 16.7. The van der Waals surface area contributed by atoms with Gasteiger partial charge in [0.15, 0.2) is 0 Å². The summed E-state index contributed by atoms with van der Waals surface area (Å²) >= 11 is 0. The Labute approximate surface area is 159 Å². The zero-order valence-corrected chi connectivity index (χ0v) is 16.7. The Bertz CT molecular complexity index is 557. The lowest BCUT2D eigenvalue weighted by molar-refractivity contribution is -0.00137. The molecule has 0 aliphatic heterocycles. The first-order valence-electron chi connectivity index (χ1n) is 10.7. The van der Waals surface area contributed by atoms with Crippen molar-refractivity contribution in [2.24, 2.45) is 11.7 Å². The number of fused-ring (bicyclic) bond motifs is 1. The molecule has 3 nitrogen and oxygen atoms in total. The Morgan fingerprint density at radius 2 is 1.96 bits per heavy atom. The molecule has 26 heavy (non-hydrogen) atoms. The van der Waals surface area contributed by atoms with Gasteiger partial charge in [-0.3, -0.25) is 0 Å². The lowest BCUT2D eigenvalue weighted by Gasteiger charge is -2.26. The Balaban J connectivity index is 1.38. The van der Waals surface area contributed by atoms with E-state index in [-0.39, 0.29) is 0 Å². The van der Waals surface area contributed by atoms with E-state index < -0.39 is 0 Å². The van der Waals surface area contributed by atoms with Gasteiger partial charge in [-0.25, -0.2) is 0 Å². The Kier molecular flexibility index (Phi) is 7.53. The first-order valence-corrected chi connectivity index (χ1v) is 10.7. The molecule has 146 valence electrons. The van der Waals surface area contributed by atoms with Crippen LogP contribution in [0.15, 0.2) is 18.2 Å². The fourth-order valence-electron chi connectivity index (χ4n) is 4.43. The zero-order chi connectivity index (χ0) is 18.4. The molecule has 2 unspecified atom stereocenters. The van der Waals surface area contributed by atoms with E-state index in [2.05, 4.69) is 32.0 Å². The van der Waals surface area contributed by atoms with Gasteiger partial charge in [0.05, 0.1) is 19.3 Å². The molecular formula is C23H37NO2. The molecule has 1 saturated carbocycles. The minimum Gasteiger partial charge on any atom is -0.379 e. The molecular weight excluding hydrogens is 322 g/mol. The van der Waals surface area contributed by atoms with Crippen LogP contribution in [0.4, 0.5) is 0 Å². The Hall–Kier alpha value is -0.900. The highest BCUT2D eigenvalue weighted by molar-refractivity contribution is 5.36. The van der Waals surface area contributed by atoms with Gasteiger partial charge in [-0.2, -0.15) is 0 Å². The molecule has 3 rings (SSSR count). The summed E-state index contributed by atoms with van der Waals surface area (Å²) in [4.78, 5) is 0. The monoisotopic (exact) mass is 359 g/mol. The van der Waals surface area contributed by atoms with Crippen molar-refractivity contribution in [2.45, 2.75) is 83.3 Å². The molecule has 2 aliphatic rings. The number of aryl methyl sites for hydroxylation is 1. The quantitative estimate of drug-likeness (QED) is 0.655. The molecule has 0 radical (unpaired) electrons. The third-order valence-corrected chi connectivity index (χ3v) is 6.01. The van der Waals surface area contributed by atoms with E-state index in [1.54, 1.807) is 0 Å². The van der Waals surface area contributed by atoms with E-state index >= 15 is 0 Å². The molecule has 0 heterocycles. The number of rotatable bonds is 9. The van der Waals surface area contributed by atoms with Crippen LogP contribution in [0.25, 0.3) is 0 Å². The summed E-state index contributed by atoms with van der Waals surface area (Å²) in [5, 5.41) is 0. The van der Waals surface area contributed by atoms with E-state index in [4.69, 9.17) is 15.2 Å². The second kappa shape index (κ2) is 9.87. The SMILES string of the molecule is CC(C)CCCOCCO[C@H]1CCc2cc(C3CCC(N)C3)ccc2C1. The van der Waals surface area contributed by atoms with E-state index in [9.17, 15) is 0 Å². The van der Waals surface area contributed by atoms with Crippen molar-refractivity contribution in [2.75, 3.05) is 19.8 Å². The summed E-state index contributed by atoms with van der Waals surface area (Å²) in [7, 11) is 0. The molecule has 0 bridgehead atoms. The standard InChI is InChI=1S/C23H37NO2/c1-17(2)4-3-11-25-12-13-26-23-10-8-19-14-18(5-6-21(19)16-23)20-7-9-22(24)15-20/h5-6,14,17,20,22-23H,3-4,7-13,15-16,24H2,1-2H3/t20?,22?,23-/m0/s1. The van der Waals surface area contributed by atoms with E-state index in [1.807, 2.05) is 0 Å². The van der Waals surface area contributed by atoms with Crippen molar-refractivity contribution in [3.05, 3.63) is 34.9 Å². The molecule has 1 aromatic carbocycles. The minimum atomic E-state index is 0.354. The maximum absolute atomic E-state index is 6.09. The summed E-state index contributed by atoms with van der Waals surface area (Å²) in [6.45, 7) is 6.83. The van der Waals surface area contributed by atoms with Crippen molar-refractivity contribution < 1.29 is 9.47 Å². The molecule has 2 N–H and O–H groups in total. The second-order valence-corrected chi connectivity index (χ2v) is 8.68. The van der Waals surface area contributed by atoms with Gasteiger partial charge in [0.2, 0.25) is 0 Å². The van der Waals surface area contributed by atoms with Crippen molar-refractivity contribution in [3.8, 4) is 0 Å². The van der Waals surface area contributed by atoms with Gasteiger partial charge in [0.1, 0.15) is 0 Å². The predicted molar refractivity (Wildman–Crippen MR) is 108 cm³/mol. The van der Waals surface area contributed by atoms with Gasteiger partial charge >= 0.3 is 0 Å². The van der Waals surface area contributed by atoms with Crippen LogP contribution < -0.4 is 5.73 Å². The highest BCUT2D eigenvalue weighted by Crippen LogP contribution is 2.35. The molecule has 1 fully saturated rings. The molecule has 3 heteroatoms. The number of ether oxygens (including phenoxy) is 2. The maximum Gasteiger partial charge on any atom is 0.0704 e. The molecule has 1 aromatic rings. The normalized spacial score (nSPS) is 25.6. The van der Waals surface area contributed by atoms with E-state index in [0.717, 1.165) is 57.8 Å². The summed E-state index contributed by atoms with van der Waals surface area (Å²) in [5.41, 5.74) is 10.6. The molecule has 0 spiro atoms. The third-order valence-electron chi connectivity index (χ3n) is 6.01. The highest BCUT2D eigenvalue weighted by Gasteiger charge is 2.25. The molecule has 0 amide bonds. The van der Waals surface area contributed by atoms with Crippen molar-refractivity contribution in [1.29, 1.82) is 0 Å². The smallest absolute Gasteiger partial charge is 0.0704 e. The number of hydrogen-bond donors (Lipinski definition) is 1. The van der Waals surface area contributed by atoms with Crippen LogP contribution in [0.3, 0.4) is 0 Å². The van der Waals surface area contributed by atoms with Crippen molar-refractivity contribution in [3.63, 3.8) is 0 Å². The average Bonchev–Trinajstić information content (AvgIpc) is 3.06.